The van der Waals surface area contributed by atoms with E-state index in [1.165, 1.54) is 11.5 Å². The Kier molecular flexibility index (Phi) is 6.05. The Balaban J connectivity index is 2.66. The maximum Gasteiger partial charge on any atom is 0.265 e. The lowest BCUT2D eigenvalue weighted by Crippen LogP contribution is -2.37. The van der Waals surface area contributed by atoms with Gasteiger partial charge in [-0.05, 0) is 30.8 Å². The number of hydrogen-bond donors (Lipinski definition) is 1. The van der Waals surface area contributed by atoms with Crippen LogP contribution >= 0.6 is 27.5 Å². The van der Waals surface area contributed by atoms with Crippen LogP contribution in [0.3, 0.4) is 0 Å². The highest BCUT2D eigenvalue weighted by Crippen LogP contribution is 2.14. The Morgan fingerprint density at radius 2 is 2.24 bits per heavy atom. The third-order valence-corrected chi connectivity index (χ3v) is 4.49. The smallest absolute Gasteiger partial charge is 0.265 e. The molecule has 2 atom stereocenters. The number of aryl methyl sites for hydroxylation is 1. The SMILES string of the molecule is CCCc1nnsc1C(=O)NC(C)C(C)CBr. The first-order valence-corrected chi connectivity index (χ1v) is 7.67. The van der Waals surface area contributed by atoms with E-state index in [4.69, 9.17) is 0 Å². The molecule has 2 unspecified atom stereocenters. The summed E-state index contributed by atoms with van der Waals surface area (Å²) < 4.78 is 3.86. The summed E-state index contributed by atoms with van der Waals surface area (Å²) in [4.78, 5) is 12.7. The normalized spacial score (nSPS) is 14.4. The molecule has 6 heteroatoms. The van der Waals surface area contributed by atoms with Crippen molar-refractivity contribution in [1.82, 2.24) is 14.9 Å². The topological polar surface area (TPSA) is 54.9 Å². The molecular weight excluding hydrogens is 302 g/mol. The van der Waals surface area contributed by atoms with Gasteiger partial charge in [-0.3, -0.25) is 4.79 Å². The van der Waals surface area contributed by atoms with Crippen molar-refractivity contribution in [2.75, 3.05) is 5.33 Å². The van der Waals surface area contributed by atoms with Gasteiger partial charge in [0.2, 0.25) is 0 Å². The highest BCUT2D eigenvalue weighted by atomic mass is 79.9. The molecule has 0 aliphatic rings. The number of nitrogens with one attached hydrogen (secondary N) is 1. The average molecular weight is 320 g/mol. The monoisotopic (exact) mass is 319 g/mol. The van der Waals surface area contributed by atoms with E-state index in [9.17, 15) is 4.79 Å². The van der Waals surface area contributed by atoms with Crippen LogP contribution in [0, 0.1) is 5.92 Å². The molecule has 1 N–H and O–H groups in total. The number of amides is 1. The van der Waals surface area contributed by atoms with E-state index in [0.29, 0.717) is 10.8 Å². The van der Waals surface area contributed by atoms with Crippen molar-refractivity contribution in [3.63, 3.8) is 0 Å². The van der Waals surface area contributed by atoms with Crippen LogP contribution < -0.4 is 5.32 Å². The van der Waals surface area contributed by atoms with Gasteiger partial charge in [0.1, 0.15) is 4.88 Å². The molecule has 0 saturated carbocycles. The Hall–Kier alpha value is -0.490. The summed E-state index contributed by atoms with van der Waals surface area (Å²) in [5.41, 5.74) is 0.814. The van der Waals surface area contributed by atoms with Gasteiger partial charge in [0, 0.05) is 11.4 Å². The minimum Gasteiger partial charge on any atom is -0.348 e. The molecule has 0 aliphatic heterocycles. The van der Waals surface area contributed by atoms with E-state index in [1.807, 2.05) is 6.92 Å². The van der Waals surface area contributed by atoms with Crippen molar-refractivity contribution >= 4 is 33.4 Å². The fourth-order valence-corrected chi connectivity index (χ4v) is 2.50. The molecule has 0 aromatic carbocycles. The first kappa shape index (κ1) is 14.6. The van der Waals surface area contributed by atoms with E-state index >= 15 is 0 Å². The first-order chi connectivity index (χ1) is 8.10. The predicted octanol–water partition coefficient (Wildman–Crippen LogP) is 2.64. The lowest BCUT2D eigenvalue weighted by molar-refractivity contribution is 0.0934. The van der Waals surface area contributed by atoms with Crippen LogP contribution in [0.1, 0.15) is 42.6 Å². The summed E-state index contributed by atoms with van der Waals surface area (Å²) in [7, 11) is 0. The molecule has 0 fully saturated rings. The minimum atomic E-state index is -0.0521. The standard InChI is InChI=1S/C11H18BrN3OS/c1-4-5-9-10(17-15-14-9)11(16)13-8(3)7(2)6-12/h7-8H,4-6H2,1-3H3,(H,13,16). The van der Waals surface area contributed by atoms with Crippen LogP contribution in [0.5, 0.6) is 0 Å². The Labute approximate surface area is 114 Å². The second kappa shape index (κ2) is 7.06. The molecule has 0 radical (unpaired) electrons. The fourth-order valence-electron chi connectivity index (χ4n) is 1.33. The van der Waals surface area contributed by atoms with Gasteiger partial charge in [-0.2, -0.15) is 0 Å². The maximum atomic E-state index is 12.0. The molecule has 0 aliphatic carbocycles. The molecule has 1 aromatic rings. The summed E-state index contributed by atoms with van der Waals surface area (Å²) in [5.74, 6) is 0.346. The quantitative estimate of drug-likeness (QED) is 0.820. The highest BCUT2D eigenvalue weighted by molar-refractivity contribution is 9.09. The lowest BCUT2D eigenvalue weighted by Gasteiger charge is -2.18. The summed E-state index contributed by atoms with van der Waals surface area (Å²) >= 11 is 4.59. The number of rotatable bonds is 6. The van der Waals surface area contributed by atoms with E-state index in [2.05, 4.69) is 44.7 Å². The second-order valence-corrected chi connectivity index (χ2v) is 5.59. The molecule has 0 saturated heterocycles. The molecule has 0 spiro atoms. The molecule has 1 rings (SSSR count). The van der Waals surface area contributed by atoms with Crippen LogP contribution in [0.4, 0.5) is 0 Å². The minimum absolute atomic E-state index is 0.0521. The number of carbonyl (C=O) groups excluding carboxylic acids is 1. The van der Waals surface area contributed by atoms with E-state index in [1.54, 1.807) is 0 Å². The Morgan fingerprint density at radius 3 is 2.82 bits per heavy atom. The largest absolute Gasteiger partial charge is 0.348 e. The van der Waals surface area contributed by atoms with Gasteiger partial charge >= 0.3 is 0 Å². The van der Waals surface area contributed by atoms with Gasteiger partial charge in [0.05, 0.1) is 5.69 Å². The molecule has 4 nitrogen and oxygen atoms in total. The lowest BCUT2D eigenvalue weighted by atomic mass is 10.1. The van der Waals surface area contributed by atoms with Gasteiger partial charge < -0.3 is 5.32 Å². The van der Waals surface area contributed by atoms with E-state index < -0.39 is 0 Å². The number of alkyl halides is 1. The molecule has 1 heterocycles. The number of halogens is 1. The zero-order chi connectivity index (χ0) is 12.8. The number of aromatic nitrogens is 2. The highest BCUT2D eigenvalue weighted by Gasteiger charge is 2.19. The van der Waals surface area contributed by atoms with E-state index in [-0.39, 0.29) is 11.9 Å². The van der Waals surface area contributed by atoms with Gasteiger partial charge in [-0.1, -0.05) is 40.7 Å². The summed E-state index contributed by atoms with van der Waals surface area (Å²) in [6.07, 6.45) is 1.78. The zero-order valence-electron chi connectivity index (χ0n) is 10.4. The van der Waals surface area contributed by atoms with Gasteiger partial charge in [0.15, 0.2) is 0 Å². The Bertz CT molecular complexity index is 369. The summed E-state index contributed by atoms with van der Waals surface area (Å²) in [6.45, 7) is 6.17. The average Bonchev–Trinajstić information content (AvgIpc) is 2.76. The van der Waals surface area contributed by atoms with Crippen LogP contribution in [0.15, 0.2) is 0 Å². The van der Waals surface area contributed by atoms with Crippen LogP contribution in [0.2, 0.25) is 0 Å². The van der Waals surface area contributed by atoms with Crippen molar-refractivity contribution in [1.29, 1.82) is 0 Å². The Morgan fingerprint density at radius 1 is 1.53 bits per heavy atom. The molecule has 0 bridgehead atoms. The number of hydrogen-bond acceptors (Lipinski definition) is 4. The van der Waals surface area contributed by atoms with Gasteiger partial charge in [-0.25, -0.2) is 0 Å². The van der Waals surface area contributed by atoms with Crippen LogP contribution in [-0.2, 0) is 6.42 Å². The predicted molar refractivity (Wildman–Crippen MR) is 73.8 cm³/mol. The molecule has 17 heavy (non-hydrogen) atoms. The molecule has 96 valence electrons. The third-order valence-electron chi connectivity index (χ3n) is 2.70. The number of nitrogens with zero attached hydrogens (tertiary/aromatic N) is 2. The van der Waals surface area contributed by atoms with Crippen LogP contribution in [-0.4, -0.2) is 26.9 Å². The fraction of sp³-hybridized carbons (Fsp3) is 0.727. The summed E-state index contributed by atoms with van der Waals surface area (Å²) in [6, 6.07) is 0.137. The summed E-state index contributed by atoms with van der Waals surface area (Å²) in [5, 5.41) is 7.86. The van der Waals surface area contributed by atoms with Gasteiger partial charge in [-0.15, -0.1) is 5.10 Å². The van der Waals surface area contributed by atoms with E-state index in [0.717, 1.165) is 23.9 Å². The van der Waals surface area contributed by atoms with Crippen molar-refractivity contribution in [3.8, 4) is 0 Å². The number of carbonyl (C=O) groups is 1. The first-order valence-electron chi connectivity index (χ1n) is 5.78. The van der Waals surface area contributed by atoms with Crippen molar-refractivity contribution in [2.45, 2.75) is 39.7 Å². The van der Waals surface area contributed by atoms with Crippen molar-refractivity contribution in [2.24, 2.45) is 5.92 Å². The zero-order valence-corrected chi connectivity index (χ0v) is 12.8. The van der Waals surface area contributed by atoms with Crippen molar-refractivity contribution in [3.05, 3.63) is 10.6 Å². The van der Waals surface area contributed by atoms with Crippen LogP contribution in [0.25, 0.3) is 0 Å². The van der Waals surface area contributed by atoms with Crippen molar-refractivity contribution < 1.29 is 4.79 Å². The molecule has 1 amide bonds. The second-order valence-electron chi connectivity index (χ2n) is 4.19. The van der Waals surface area contributed by atoms with Gasteiger partial charge in [0.25, 0.3) is 5.91 Å². The third kappa shape index (κ3) is 4.03. The molecule has 1 aromatic heterocycles. The maximum absolute atomic E-state index is 12.0. The molecular formula is C11H18BrN3OS.